The van der Waals surface area contributed by atoms with Crippen LogP contribution < -0.4 is 16.5 Å². The predicted molar refractivity (Wildman–Crippen MR) is 162 cm³/mol. The lowest BCUT2D eigenvalue weighted by Crippen LogP contribution is -2.60. The molecule has 0 fully saturated rings. The molecule has 43 heavy (non-hydrogen) atoms. The molecular weight excluding hydrogens is 552 g/mol. The molecule has 2 rings (SSSR count). The molecule has 0 aliphatic carbocycles. The van der Waals surface area contributed by atoms with Crippen LogP contribution >= 0.6 is 0 Å². The highest BCUT2D eigenvalue weighted by Gasteiger charge is 2.38. The van der Waals surface area contributed by atoms with Crippen molar-refractivity contribution in [1.82, 2.24) is 15.6 Å². The Kier molecular flexibility index (Phi) is 14.3. The molecule has 0 aromatic heterocycles. The Morgan fingerprint density at radius 1 is 0.907 bits per heavy atom. The molecule has 0 aliphatic heterocycles. The van der Waals surface area contributed by atoms with Crippen LogP contribution in [0, 0.1) is 11.8 Å². The van der Waals surface area contributed by atoms with Gasteiger partial charge in [-0.2, -0.15) is 0 Å². The number of amides is 3. The lowest BCUT2D eigenvalue weighted by atomic mass is 9.86. The van der Waals surface area contributed by atoms with Gasteiger partial charge >= 0.3 is 6.09 Å². The number of nitrogens with zero attached hydrogens (tertiary/aromatic N) is 1. The zero-order valence-electron chi connectivity index (χ0n) is 25.5. The Bertz CT molecular complexity index is 1180. The molecule has 6 N–H and O–H groups in total. The van der Waals surface area contributed by atoms with Gasteiger partial charge in [0.05, 0.1) is 18.2 Å². The number of rotatable bonds is 17. The largest absolute Gasteiger partial charge is 0.445 e. The highest BCUT2D eigenvalue weighted by molar-refractivity contribution is 5.92. The first kappa shape index (κ1) is 35.4. The van der Waals surface area contributed by atoms with Crippen LogP contribution in [0.2, 0.25) is 0 Å². The van der Waals surface area contributed by atoms with Crippen LogP contribution in [0.1, 0.15) is 58.1 Å². The van der Waals surface area contributed by atoms with Gasteiger partial charge in [-0.3, -0.25) is 19.4 Å². The van der Waals surface area contributed by atoms with Crippen molar-refractivity contribution in [1.29, 1.82) is 0 Å². The second-order valence-electron chi connectivity index (χ2n) is 11.2. The van der Waals surface area contributed by atoms with Gasteiger partial charge in [0.2, 0.25) is 11.8 Å². The molecule has 0 radical (unpaired) electrons. The fourth-order valence-corrected chi connectivity index (χ4v) is 4.58. The third-order valence-corrected chi connectivity index (χ3v) is 7.87. The van der Waals surface area contributed by atoms with Gasteiger partial charge in [0.15, 0.2) is 5.78 Å². The zero-order chi connectivity index (χ0) is 32.0. The van der Waals surface area contributed by atoms with Gasteiger partial charge in [-0.15, -0.1) is 0 Å². The smallest absolute Gasteiger partial charge is 0.408 e. The number of nitrogens with one attached hydrogen (secondary N) is 2. The summed E-state index contributed by atoms with van der Waals surface area (Å²) in [5.41, 5.74) is 0.608. The summed E-state index contributed by atoms with van der Waals surface area (Å²) >= 11 is 0. The minimum Gasteiger partial charge on any atom is -0.445 e. The number of aliphatic hydroxyl groups excluding tert-OH is 2. The molecular formula is C32H46N4O7. The number of carbonyl (C=O) groups is 4. The van der Waals surface area contributed by atoms with E-state index < -0.39 is 54.0 Å². The van der Waals surface area contributed by atoms with Gasteiger partial charge < -0.3 is 25.6 Å². The number of hydrogen-bond acceptors (Lipinski definition) is 8. The van der Waals surface area contributed by atoms with Crippen LogP contribution in [0.25, 0.3) is 0 Å². The number of benzene rings is 2. The molecule has 0 heterocycles. The molecule has 236 valence electrons. The maximum Gasteiger partial charge on any atom is 0.408 e. The van der Waals surface area contributed by atoms with Crippen LogP contribution in [0.5, 0.6) is 0 Å². The number of hydrazine groups is 1. The van der Waals surface area contributed by atoms with Crippen molar-refractivity contribution < 1.29 is 34.1 Å². The summed E-state index contributed by atoms with van der Waals surface area (Å²) in [6.45, 7) is 5.78. The first-order valence-corrected chi connectivity index (χ1v) is 14.6. The maximum atomic E-state index is 13.5. The Morgan fingerprint density at radius 2 is 1.49 bits per heavy atom. The summed E-state index contributed by atoms with van der Waals surface area (Å²) < 4.78 is 5.17. The number of hydrogen-bond donors (Lipinski definition) is 5. The quantitative estimate of drug-likeness (QED) is 0.105. The van der Waals surface area contributed by atoms with E-state index >= 15 is 0 Å². The van der Waals surface area contributed by atoms with E-state index in [-0.39, 0.29) is 25.4 Å². The molecule has 2 aromatic rings. The van der Waals surface area contributed by atoms with Crippen LogP contribution in [-0.4, -0.2) is 69.7 Å². The average molecular weight is 599 g/mol. The van der Waals surface area contributed by atoms with Gasteiger partial charge in [-0.25, -0.2) is 10.6 Å². The number of ketones is 1. The van der Waals surface area contributed by atoms with E-state index in [0.29, 0.717) is 19.3 Å². The lowest BCUT2D eigenvalue weighted by molar-refractivity contribution is -0.143. The Balaban J connectivity index is 1.98. The van der Waals surface area contributed by atoms with E-state index in [4.69, 9.17) is 10.6 Å². The number of Topliss-reactive ketones (excluding diaryl/α,β-unsaturated/α-hetero) is 1. The van der Waals surface area contributed by atoms with Crippen LogP contribution in [0.15, 0.2) is 60.7 Å². The molecule has 0 saturated carbocycles. The maximum absolute atomic E-state index is 13.5. The summed E-state index contributed by atoms with van der Waals surface area (Å²) in [5.74, 6) is 3.94. The summed E-state index contributed by atoms with van der Waals surface area (Å²) in [4.78, 5) is 51.4. The van der Waals surface area contributed by atoms with Crippen molar-refractivity contribution in [3.63, 3.8) is 0 Å². The first-order valence-electron chi connectivity index (χ1n) is 14.6. The molecule has 5 atom stereocenters. The molecule has 0 saturated heterocycles. The number of alkyl carbamates (subject to hydrolysis) is 1. The van der Waals surface area contributed by atoms with E-state index in [1.807, 2.05) is 60.7 Å². The second-order valence-corrected chi connectivity index (χ2v) is 11.2. The topological polar surface area (TPSA) is 171 Å². The predicted octanol–water partition coefficient (Wildman–Crippen LogP) is 2.49. The summed E-state index contributed by atoms with van der Waals surface area (Å²) in [5, 5.41) is 25.5. The number of carbonyl (C=O) groups excluding carboxylic acids is 4. The zero-order valence-corrected chi connectivity index (χ0v) is 25.5. The fourth-order valence-electron chi connectivity index (χ4n) is 4.58. The minimum atomic E-state index is -1.14. The molecule has 3 amide bonds. The molecule has 0 aliphatic rings. The van der Waals surface area contributed by atoms with Gasteiger partial charge in [0, 0.05) is 24.9 Å². The van der Waals surface area contributed by atoms with E-state index in [1.165, 1.54) is 6.92 Å². The normalized spacial score (nSPS) is 15.2. The molecule has 2 aromatic carbocycles. The van der Waals surface area contributed by atoms with Crippen molar-refractivity contribution in [2.75, 3.05) is 13.2 Å². The van der Waals surface area contributed by atoms with Gasteiger partial charge in [0.25, 0.3) is 0 Å². The van der Waals surface area contributed by atoms with Crippen molar-refractivity contribution in [3.05, 3.63) is 71.8 Å². The standard InChI is InChI=1S/C32H46N4O7/c1-22(19-37)32(4,21-38)36(33)28(39)17-11-16-27(18-25-12-7-5-8-13-25)29(40)23(2)34-30(41)24(3)35-31(42)43-20-26-14-9-6-10-15-26/h5-10,12-15,22-24,27,37-38H,11,16-21,33H2,1-4H3,(H,34,41)(H,35,42)/t22-,23+,24+,27+,32+/m1/s1. The SMILES string of the molecule is C[C@H](NC(=O)OCc1ccccc1)C(=O)N[C@@H](C)C(=O)[C@@H](CCCC(=O)N(N)[C@@](C)(CO)[C@H](C)CO)Cc1ccccc1. The molecule has 0 unspecified atom stereocenters. The number of aliphatic hydroxyl groups is 2. The molecule has 11 heteroatoms. The molecule has 0 bridgehead atoms. The highest BCUT2D eigenvalue weighted by atomic mass is 16.5. The summed E-state index contributed by atoms with van der Waals surface area (Å²) in [6, 6.07) is 16.8. The van der Waals surface area contributed by atoms with Crippen LogP contribution in [0.4, 0.5) is 4.79 Å². The Labute approximate surface area is 253 Å². The minimum absolute atomic E-state index is 0.0373. The average Bonchev–Trinajstić information content (AvgIpc) is 3.02. The monoisotopic (exact) mass is 598 g/mol. The number of ether oxygens (including phenoxy) is 1. The third kappa shape index (κ3) is 10.8. The van der Waals surface area contributed by atoms with Crippen molar-refractivity contribution in [2.24, 2.45) is 17.7 Å². The second kappa shape index (κ2) is 17.3. The van der Waals surface area contributed by atoms with Crippen LogP contribution in [0.3, 0.4) is 0 Å². The lowest BCUT2D eigenvalue weighted by Gasteiger charge is -2.40. The highest BCUT2D eigenvalue weighted by Crippen LogP contribution is 2.24. The summed E-state index contributed by atoms with van der Waals surface area (Å²) in [7, 11) is 0. The van der Waals surface area contributed by atoms with Crippen LogP contribution in [-0.2, 0) is 32.1 Å². The first-order chi connectivity index (χ1) is 20.4. The fraction of sp³-hybridized carbons (Fsp3) is 0.500. The number of nitrogens with two attached hydrogens (primary N) is 1. The van der Waals surface area contributed by atoms with Gasteiger partial charge in [0.1, 0.15) is 12.6 Å². The van der Waals surface area contributed by atoms with Crippen molar-refractivity contribution in [3.8, 4) is 0 Å². The van der Waals surface area contributed by atoms with E-state index in [0.717, 1.165) is 16.1 Å². The molecule has 0 spiro atoms. The van der Waals surface area contributed by atoms with Crippen molar-refractivity contribution >= 4 is 23.7 Å². The van der Waals surface area contributed by atoms with E-state index in [9.17, 15) is 29.4 Å². The van der Waals surface area contributed by atoms with Crippen molar-refractivity contribution in [2.45, 2.75) is 77.6 Å². The summed E-state index contributed by atoms with van der Waals surface area (Å²) in [6.07, 6.45) is 0.400. The molecule has 11 nitrogen and oxygen atoms in total. The van der Waals surface area contributed by atoms with E-state index in [2.05, 4.69) is 10.6 Å². The third-order valence-electron chi connectivity index (χ3n) is 7.87. The van der Waals surface area contributed by atoms with Gasteiger partial charge in [-0.05, 0) is 51.2 Å². The van der Waals surface area contributed by atoms with Gasteiger partial charge in [-0.1, -0.05) is 67.6 Å². The van der Waals surface area contributed by atoms with E-state index in [1.54, 1.807) is 20.8 Å². The Hall–Kier alpha value is -3.80. The Morgan fingerprint density at radius 3 is 2.05 bits per heavy atom.